The van der Waals surface area contributed by atoms with Crippen molar-refractivity contribution in [1.82, 2.24) is 0 Å². The van der Waals surface area contributed by atoms with Crippen LogP contribution in [0.15, 0.2) is 40.9 Å². The SMILES string of the molecule is COc1ccc(C(=O)Nc2cc(Br)ccc2NC(C)=O)cc1OC(F)F. The van der Waals surface area contributed by atoms with Crippen LogP contribution in [0.2, 0.25) is 0 Å². The van der Waals surface area contributed by atoms with Crippen LogP contribution in [0.3, 0.4) is 0 Å². The Labute approximate surface area is 156 Å². The number of rotatable bonds is 6. The molecule has 0 radical (unpaired) electrons. The largest absolute Gasteiger partial charge is 0.493 e. The van der Waals surface area contributed by atoms with Gasteiger partial charge in [0.1, 0.15) is 0 Å². The first kappa shape index (κ1) is 19.6. The van der Waals surface area contributed by atoms with Crippen LogP contribution in [0.1, 0.15) is 17.3 Å². The fraction of sp³-hybridized carbons (Fsp3) is 0.176. The van der Waals surface area contributed by atoms with Gasteiger partial charge in [-0.25, -0.2) is 0 Å². The minimum absolute atomic E-state index is 0.0724. The number of hydrogen-bond acceptors (Lipinski definition) is 4. The van der Waals surface area contributed by atoms with E-state index < -0.39 is 12.5 Å². The van der Waals surface area contributed by atoms with Gasteiger partial charge in [-0.05, 0) is 36.4 Å². The lowest BCUT2D eigenvalue weighted by Crippen LogP contribution is -2.15. The average Bonchev–Trinajstić information content (AvgIpc) is 2.56. The first-order valence-corrected chi connectivity index (χ1v) is 8.10. The van der Waals surface area contributed by atoms with Crippen LogP contribution in [-0.4, -0.2) is 25.5 Å². The summed E-state index contributed by atoms with van der Waals surface area (Å²) in [5.74, 6) is -1.06. The number of hydrogen-bond donors (Lipinski definition) is 2. The molecule has 0 aromatic heterocycles. The third-order valence-corrected chi connectivity index (χ3v) is 3.68. The molecule has 2 aromatic rings. The van der Waals surface area contributed by atoms with Crippen molar-refractivity contribution in [3.8, 4) is 11.5 Å². The van der Waals surface area contributed by atoms with E-state index in [2.05, 4.69) is 31.3 Å². The molecule has 2 aromatic carbocycles. The van der Waals surface area contributed by atoms with Crippen LogP contribution in [0.25, 0.3) is 0 Å². The van der Waals surface area contributed by atoms with E-state index in [0.717, 1.165) is 6.07 Å². The molecular weight excluding hydrogens is 414 g/mol. The zero-order chi connectivity index (χ0) is 19.3. The van der Waals surface area contributed by atoms with Gasteiger partial charge < -0.3 is 20.1 Å². The number of carbonyl (C=O) groups is 2. The number of methoxy groups -OCH3 is 1. The van der Waals surface area contributed by atoms with E-state index in [1.807, 2.05) is 0 Å². The molecule has 0 atom stereocenters. The Hall–Kier alpha value is -2.68. The summed E-state index contributed by atoms with van der Waals surface area (Å²) < 4.78 is 35.0. The second-order valence-corrected chi connectivity index (χ2v) is 5.99. The number of nitrogens with one attached hydrogen (secondary N) is 2. The third kappa shape index (κ3) is 5.16. The van der Waals surface area contributed by atoms with Gasteiger partial charge in [0.05, 0.1) is 18.5 Å². The smallest absolute Gasteiger partial charge is 0.387 e. The average molecular weight is 429 g/mol. The quantitative estimate of drug-likeness (QED) is 0.719. The molecule has 26 heavy (non-hydrogen) atoms. The predicted molar refractivity (Wildman–Crippen MR) is 96.0 cm³/mol. The van der Waals surface area contributed by atoms with Crippen LogP contribution < -0.4 is 20.1 Å². The summed E-state index contributed by atoms with van der Waals surface area (Å²) in [5.41, 5.74) is 0.813. The minimum Gasteiger partial charge on any atom is -0.493 e. The van der Waals surface area contributed by atoms with Crippen LogP contribution in [0.5, 0.6) is 11.5 Å². The van der Waals surface area contributed by atoms with E-state index in [-0.39, 0.29) is 23.0 Å². The van der Waals surface area contributed by atoms with E-state index in [4.69, 9.17) is 4.74 Å². The molecule has 6 nitrogen and oxygen atoms in total. The highest BCUT2D eigenvalue weighted by Gasteiger charge is 2.16. The monoisotopic (exact) mass is 428 g/mol. The maximum Gasteiger partial charge on any atom is 0.387 e. The number of halogens is 3. The number of amides is 2. The zero-order valence-corrected chi connectivity index (χ0v) is 15.4. The minimum atomic E-state index is -3.06. The highest BCUT2D eigenvalue weighted by atomic mass is 79.9. The van der Waals surface area contributed by atoms with Crippen molar-refractivity contribution in [1.29, 1.82) is 0 Å². The maximum absolute atomic E-state index is 12.5. The van der Waals surface area contributed by atoms with Crippen LogP contribution >= 0.6 is 15.9 Å². The molecule has 2 rings (SSSR count). The summed E-state index contributed by atoms with van der Waals surface area (Å²) in [6.45, 7) is -1.72. The summed E-state index contributed by atoms with van der Waals surface area (Å²) in [5, 5.41) is 5.22. The first-order chi connectivity index (χ1) is 12.3. The van der Waals surface area contributed by atoms with Gasteiger partial charge in [0.2, 0.25) is 5.91 Å². The van der Waals surface area contributed by atoms with Gasteiger partial charge in [-0.15, -0.1) is 0 Å². The molecular formula is C17H15BrF2N2O4. The lowest BCUT2D eigenvalue weighted by atomic mass is 10.1. The van der Waals surface area contributed by atoms with Gasteiger partial charge in [-0.3, -0.25) is 9.59 Å². The molecule has 2 amide bonds. The molecule has 138 valence electrons. The molecule has 0 unspecified atom stereocenters. The predicted octanol–water partition coefficient (Wildman–Crippen LogP) is 4.27. The number of benzene rings is 2. The van der Waals surface area contributed by atoms with Crippen molar-refractivity contribution < 1.29 is 27.8 Å². The summed E-state index contributed by atoms with van der Waals surface area (Å²) in [6, 6.07) is 8.81. The number of anilines is 2. The molecule has 0 saturated heterocycles. The van der Waals surface area contributed by atoms with Crippen molar-refractivity contribution in [3.63, 3.8) is 0 Å². The van der Waals surface area contributed by atoms with Gasteiger partial charge in [0.15, 0.2) is 11.5 Å². The van der Waals surface area contributed by atoms with E-state index in [1.165, 1.54) is 26.2 Å². The zero-order valence-electron chi connectivity index (χ0n) is 13.8. The Balaban J connectivity index is 2.30. The second-order valence-electron chi connectivity index (χ2n) is 5.07. The Bertz CT molecular complexity index is 830. The summed E-state index contributed by atoms with van der Waals surface area (Å²) >= 11 is 3.28. The number of alkyl halides is 2. The van der Waals surface area contributed by atoms with Crippen LogP contribution in [0, 0.1) is 0 Å². The highest BCUT2D eigenvalue weighted by Crippen LogP contribution is 2.31. The molecule has 0 spiro atoms. The standard InChI is InChI=1S/C17H15BrF2N2O4/c1-9(23)21-12-5-4-11(18)8-13(12)22-16(24)10-3-6-14(25-2)15(7-10)26-17(19)20/h3-8,17H,1-2H3,(H,21,23)(H,22,24). The molecule has 2 N–H and O–H groups in total. The maximum atomic E-state index is 12.5. The molecule has 0 aliphatic carbocycles. The van der Waals surface area contributed by atoms with E-state index in [0.29, 0.717) is 15.8 Å². The summed E-state index contributed by atoms with van der Waals surface area (Å²) in [4.78, 5) is 23.8. The summed E-state index contributed by atoms with van der Waals surface area (Å²) in [6.07, 6.45) is 0. The van der Waals surface area contributed by atoms with Crippen LogP contribution in [-0.2, 0) is 4.79 Å². The molecule has 0 fully saturated rings. The van der Waals surface area contributed by atoms with Gasteiger partial charge >= 0.3 is 6.61 Å². The Morgan fingerprint density at radius 1 is 1.04 bits per heavy atom. The van der Waals surface area contributed by atoms with Crippen LogP contribution in [0.4, 0.5) is 20.2 Å². The van der Waals surface area contributed by atoms with Gasteiger partial charge in [-0.2, -0.15) is 8.78 Å². The van der Waals surface area contributed by atoms with E-state index >= 15 is 0 Å². The molecule has 9 heteroatoms. The van der Waals surface area contributed by atoms with Crippen molar-refractivity contribution in [2.75, 3.05) is 17.7 Å². The van der Waals surface area contributed by atoms with Crippen molar-refractivity contribution in [2.24, 2.45) is 0 Å². The fourth-order valence-corrected chi connectivity index (χ4v) is 2.48. The lowest BCUT2D eigenvalue weighted by molar-refractivity contribution is -0.114. The first-order valence-electron chi connectivity index (χ1n) is 7.31. The Kier molecular flexibility index (Phi) is 6.51. The van der Waals surface area contributed by atoms with Gasteiger partial charge in [-0.1, -0.05) is 15.9 Å². The number of carbonyl (C=O) groups excluding carboxylic acids is 2. The van der Waals surface area contributed by atoms with Crippen molar-refractivity contribution in [3.05, 3.63) is 46.4 Å². The van der Waals surface area contributed by atoms with E-state index in [1.54, 1.807) is 18.2 Å². The van der Waals surface area contributed by atoms with Crippen molar-refractivity contribution in [2.45, 2.75) is 13.5 Å². The highest BCUT2D eigenvalue weighted by molar-refractivity contribution is 9.10. The second kappa shape index (κ2) is 8.61. The third-order valence-electron chi connectivity index (χ3n) is 3.18. The lowest BCUT2D eigenvalue weighted by Gasteiger charge is -2.14. The topological polar surface area (TPSA) is 76.7 Å². The molecule has 0 aliphatic rings. The van der Waals surface area contributed by atoms with Crippen molar-refractivity contribution >= 4 is 39.1 Å². The molecule has 0 aliphatic heterocycles. The Morgan fingerprint density at radius 2 is 1.77 bits per heavy atom. The fourth-order valence-electron chi connectivity index (χ4n) is 2.12. The van der Waals surface area contributed by atoms with Gasteiger partial charge in [0, 0.05) is 17.0 Å². The number of ether oxygens (including phenoxy) is 2. The summed E-state index contributed by atoms with van der Waals surface area (Å²) in [7, 11) is 1.30. The molecule has 0 heterocycles. The molecule has 0 saturated carbocycles. The Morgan fingerprint density at radius 3 is 2.38 bits per heavy atom. The molecule has 0 bridgehead atoms. The van der Waals surface area contributed by atoms with Gasteiger partial charge in [0.25, 0.3) is 5.91 Å². The van der Waals surface area contributed by atoms with E-state index in [9.17, 15) is 18.4 Å². The normalized spacial score (nSPS) is 10.4.